The zero-order valence-electron chi connectivity index (χ0n) is 11.2. The summed E-state index contributed by atoms with van der Waals surface area (Å²) in [6.45, 7) is 8.35. The summed E-state index contributed by atoms with van der Waals surface area (Å²) in [5, 5.41) is 3.44. The molecule has 1 aliphatic rings. The standard InChI is InChI=1S/C14H22FN3/c1-11(2)5-14-9-16-3-4-18(14)10-12-6-13(15)8-17-7-12/h6-8,11,14,16H,3-5,9-10H2,1-2H3. The quantitative estimate of drug-likeness (QED) is 0.887. The van der Waals surface area contributed by atoms with Crippen molar-refractivity contribution < 1.29 is 4.39 Å². The van der Waals surface area contributed by atoms with E-state index in [0.717, 1.165) is 31.7 Å². The van der Waals surface area contributed by atoms with E-state index in [1.165, 1.54) is 12.6 Å². The minimum atomic E-state index is -0.247. The molecule has 1 fully saturated rings. The number of piperazine rings is 1. The molecule has 3 nitrogen and oxygen atoms in total. The van der Waals surface area contributed by atoms with Gasteiger partial charge in [0.05, 0.1) is 6.20 Å². The van der Waals surface area contributed by atoms with Crippen molar-refractivity contribution in [1.82, 2.24) is 15.2 Å². The van der Waals surface area contributed by atoms with Crippen molar-refractivity contribution in [3.05, 3.63) is 29.8 Å². The molecule has 1 unspecified atom stereocenters. The Hall–Kier alpha value is -1.00. The predicted molar refractivity (Wildman–Crippen MR) is 70.7 cm³/mol. The highest BCUT2D eigenvalue weighted by molar-refractivity contribution is 5.10. The molecule has 0 amide bonds. The molecular formula is C14H22FN3. The average molecular weight is 251 g/mol. The Bertz CT molecular complexity index is 381. The first kappa shape index (κ1) is 13.4. The summed E-state index contributed by atoms with van der Waals surface area (Å²) in [6.07, 6.45) is 4.19. The van der Waals surface area contributed by atoms with Crippen molar-refractivity contribution in [1.29, 1.82) is 0 Å². The predicted octanol–water partition coefficient (Wildman–Crippen LogP) is 2.04. The van der Waals surface area contributed by atoms with E-state index in [0.29, 0.717) is 12.0 Å². The highest BCUT2D eigenvalue weighted by Gasteiger charge is 2.22. The van der Waals surface area contributed by atoms with Gasteiger partial charge < -0.3 is 5.32 Å². The largest absolute Gasteiger partial charge is 0.314 e. The molecule has 1 N–H and O–H groups in total. The molecule has 1 aromatic rings. The Labute approximate surface area is 108 Å². The van der Waals surface area contributed by atoms with Crippen molar-refractivity contribution >= 4 is 0 Å². The maximum Gasteiger partial charge on any atom is 0.141 e. The van der Waals surface area contributed by atoms with Gasteiger partial charge in [-0.05, 0) is 24.0 Å². The molecule has 0 spiro atoms. The van der Waals surface area contributed by atoms with Crippen LogP contribution >= 0.6 is 0 Å². The fourth-order valence-electron chi connectivity index (χ4n) is 2.56. The molecule has 0 bridgehead atoms. The molecule has 0 radical (unpaired) electrons. The van der Waals surface area contributed by atoms with Gasteiger partial charge in [-0.1, -0.05) is 13.8 Å². The van der Waals surface area contributed by atoms with E-state index in [-0.39, 0.29) is 5.82 Å². The summed E-state index contributed by atoms with van der Waals surface area (Å²) in [5.74, 6) is 0.436. The zero-order chi connectivity index (χ0) is 13.0. The van der Waals surface area contributed by atoms with Crippen LogP contribution in [0.25, 0.3) is 0 Å². The normalized spacial score (nSPS) is 21.4. The smallest absolute Gasteiger partial charge is 0.141 e. The third-order valence-electron chi connectivity index (χ3n) is 3.36. The van der Waals surface area contributed by atoms with Gasteiger partial charge in [0.15, 0.2) is 0 Å². The molecule has 18 heavy (non-hydrogen) atoms. The summed E-state index contributed by atoms with van der Waals surface area (Å²) < 4.78 is 13.1. The van der Waals surface area contributed by atoms with Crippen molar-refractivity contribution in [2.75, 3.05) is 19.6 Å². The van der Waals surface area contributed by atoms with Crippen molar-refractivity contribution in [2.45, 2.75) is 32.9 Å². The molecule has 1 aliphatic heterocycles. The minimum Gasteiger partial charge on any atom is -0.314 e. The van der Waals surface area contributed by atoms with Crippen LogP contribution in [0.15, 0.2) is 18.5 Å². The van der Waals surface area contributed by atoms with Gasteiger partial charge in [0.1, 0.15) is 5.82 Å². The number of hydrogen-bond acceptors (Lipinski definition) is 3. The van der Waals surface area contributed by atoms with Crippen LogP contribution in [0.5, 0.6) is 0 Å². The first-order chi connectivity index (χ1) is 8.65. The number of aromatic nitrogens is 1. The SMILES string of the molecule is CC(C)CC1CNCCN1Cc1cncc(F)c1. The topological polar surface area (TPSA) is 28.2 Å². The second kappa shape index (κ2) is 6.25. The van der Waals surface area contributed by atoms with E-state index >= 15 is 0 Å². The third-order valence-corrected chi connectivity index (χ3v) is 3.36. The molecule has 1 atom stereocenters. The lowest BCUT2D eigenvalue weighted by molar-refractivity contribution is 0.134. The van der Waals surface area contributed by atoms with Gasteiger partial charge in [-0.3, -0.25) is 9.88 Å². The van der Waals surface area contributed by atoms with Crippen LogP contribution in [0.1, 0.15) is 25.8 Å². The zero-order valence-corrected chi connectivity index (χ0v) is 11.2. The minimum absolute atomic E-state index is 0.247. The van der Waals surface area contributed by atoms with Crippen LogP contribution in [-0.2, 0) is 6.54 Å². The average Bonchev–Trinajstić information content (AvgIpc) is 2.31. The van der Waals surface area contributed by atoms with Crippen LogP contribution in [-0.4, -0.2) is 35.6 Å². The van der Waals surface area contributed by atoms with Gasteiger partial charge in [0, 0.05) is 38.4 Å². The lowest BCUT2D eigenvalue weighted by Crippen LogP contribution is -2.51. The number of halogens is 1. The Morgan fingerprint density at radius 1 is 1.50 bits per heavy atom. The molecule has 1 saturated heterocycles. The molecule has 0 aromatic carbocycles. The van der Waals surface area contributed by atoms with E-state index in [1.807, 2.05) is 0 Å². The molecule has 2 heterocycles. The molecule has 0 saturated carbocycles. The van der Waals surface area contributed by atoms with Crippen LogP contribution in [0.3, 0.4) is 0 Å². The van der Waals surface area contributed by atoms with Gasteiger partial charge >= 0.3 is 0 Å². The summed E-state index contributed by atoms with van der Waals surface area (Å²) in [6, 6.07) is 2.13. The number of nitrogens with zero attached hydrogens (tertiary/aromatic N) is 2. The lowest BCUT2D eigenvalue weighted by Gasteiger charge is -2.37. The van der Waals surface area contributed by atoms with Crippen molar-refractivity contribution in [3.63, 3.8) is 0 Å². The second-order valence-corrected chi connectivity index (χ2v) is 5.47. The van der Waals surface area contributed by atoms with Crippen LogP contribution in [0.4, 0.5) is 4.39 Å². The van der Waals surface area contributed by atoms with Crippen molar-refractivity contribution in [3.8, 4) is 0 Å². The first-order valence-electron chi connectivity index (χ1n) is 6.69. The van der Waals surface area contributed by atoms with Gasteiger partial charge in [0.25, 0.3) is 0 Å². The van der Waals surface area contributed by atoms with Gasteiger partial charge in [0.2, 0.25) is 0 Å². The van der Waals surface area contributed by atoms with Crippen LogP contribution in [0.2, 0.25) is 0 Å². The highest BCUT2D eigenvalue weighted by Crippen LogP contribution is 2.16. The molecule has 1 aromatic heterocycles. The van der Waals surface area contributed by atoms with Gasteiger partial charge in [-0.15, -0.1) is 0 Å². The van der Waals surface area contributed by atoms with E-state index in [9.17, 15) is 4.39 Å². The monoisotopic (exact) mass is 251 g/mol. The fraction of sp³-hybridized carbons (Fsp3) is 0.643. The maximum atomic E-state index is 13.1. The lowest BCUT2D eigenvalue weighted by atomic mass is 10.0. The summed E-state index contributed by atoms with van der Waals surface area (Å²) in [7, 11) is 0. The Balaban J connectivity index is 2.00. The second-order valence-electron chi connectivity index (χ2n) is 5.47. The van der Waals surface area contributed by atoms with E-state index in [4.69, 9.17) is 0 Å². The molecule has 0 aliphatic carbocycles. The van der Waals surface area contributed by atoms with Gasteiger partial charge in [-0.2, -0.15) is 0 Å². The van der Waals surface area contributed by atoms with Crippen LogP contribution in [0, 0.1) is 11.7 Å². The number of nitrogens with one attached hydrogen (secondary N) is 1. The molecular weight excluding hydrogens is 229 g/mol. The number of hydrogen-bond donors (Lipinski definition) is 1. The van der Waals surface area contributed by atoms with E-state index in [2.05, 4.69) is 29.0 Å². The van der Waals surface area contributed by atoms with Crippen molar-refractivity contribution in [2.24, 2.45) is 5.92 Å². The highest BCUT2D eigenvalue weighted by atomic mass is 19.1. The first-order valence-corrected chi connectivity index (χ1v) is 6.69. The Kier molecular flexibility index (Phi) is 4.66. The maximum absolute atomic E-state index is 13.1. The molecule has 4 heteroatoms. The molecule has 100 valence electrons. The Morgan fingerprint density at radius 2 is 2.33 bits per heavy atom. The fourth-order valence-corrected chi connectivity index (χ4v) is 2.56. The van der Waals surface area contributed by atoms with E-state index < -0.39 is 0 Å². The number of pyridine rings is 1. The number of rotatable bonds is 4. The summed E-state index contributed by atoms with van der Waals surface area (Å²) in [5.41, 5.74) is 0.964. The third kappa shape index (κ3) is 3.75. The summed E-state index contributed by atoms with van der Waals surface area (Å²) in [4.78, 5) is 6.36. The Morgan fingerprint density at radius 3 is 3.06 bits per heavy atom. The summed E-state index contributed by atoms with van der Waals surface area (Å²) >= 11 is 0. The van der Waals surface area contributed by atoms with E-state index in [1.54, 1.807) is 12.3 Å². The van der Waals surface area contributed by atoms with Gasteiger partial charge in [-0.25, -0.2) is 4.39 Å². The van der Waals surface area contributed by atoms with Crippen LogP contribution < -0.4 is 5.32 Å². The molecule has 2 rings (SSSR count).